The summed E-state index contributed by atoms with van der Waals surface area (Å²) in [5.74, 6) is 1.10. The van der Waals surface area contributed by atoms with Crippen molar-refractivity contribution in [2.75, 3.05) is 11.4 Å². The molecule has 0 spiro atoms. The predicted octanol–water partition coefficient (Wildman–Crippen LogP) is 2.47. The molecule has 3 nitrogen and oxygen atoms in total. The van der Waals surface area contributed by atoms with Crippen molar-refractivity contribution in [1.82, 2.24) is 4.98 Å². The van der Waals surface area contributed by atoms with Gasteiger partial charge in [0.2, 0.25) is 0 Å². The third kappa shape index (κ3) is 2.38. The van der Waals surface area contributed by atoms with Crippen molar-refractivity contribution in [1.29, 1.82) is 0 Å². The van der Waals surface area contributed by atoms with Gasteiger partial charge in [-0.05, 0) is 54.2 Å². The summed E-state index contributed by atoms with van der Waals surface area (Å²) in [5, 5.41) is 0. The van der Waals surface area contributed by atoms with Crippen LogP contribution in [-0.4, -0.2) is 23.6 Å². The van der Waals surface area contributed by atoms with Gasteiger partial charge in [0.25, 0.3) is 0 Å². The molecule has 16 heavy (non-hydrogen) atoms. The maximum atomic E-state index is 5.97. The van der Waals surface area contributed by atoms with Gasteiger partial charge in [-0.15, -0.1) is 0 Å². The molecule has 0 saturated carbocycles. The van der Waals surface area contributed by atoms with Crippen LogP contribution in [-0.2, 0) is 0 Å². The van der Waals surface area contributed by atoms with Crippen LogP contribution in [0.25, 0.3) is 0 Å². The molecule has 0 amide bonds. The fourth-order valence-corrected chi connectivity index (χ4v) is 2.80. The summed E-state index contributed by atoms with van der Waals surface area (Å²) in [5.41, 5.74) is 7.19. The lowest BCUT2D eigenvalue weighted by molar-refractivity contribution is 0.426. The number of halogens is 1. The number of piperidine rings is 1. The maximum absolute atomic E-state index is 5.97. The molecule has 2 N–H and O–H groups in total. The zero-order chi connectivity index (χ0) is 11.7. The number of aryl methyl sites for hydroxylation is 1. The SMILES string of the molecule is Cc1cc(Br)cnc1N1CCC(N)CC1C. The van der Waals surface area contributed by atoms with E-state index in [-0.39, 0.29) is 0 Å². The number of hydrogen-bond acceptors (Lipinski definition) is 3. The summed E-state index contributed by atoms with van der Waals surface area (Å²) in [6, 6.07) is 2.95. The Morgan fingerprint density at radius 1 is 1.56 bits per heavy atom. The van der Waals surface area contributed by atoms with Crippen molar-refractivity contribution < 1.29 is 0 Å². The zero-order valence-corrected chi connectivity index (χ0v) is 11.4. The van der Waals surface area contributed by atoms with E-state index >= 15 is 0 Å². The maximum Gasteiger partial charge on any atom is 0.131 e. The van der Waals surface area contributed by atoms with Gasteiger partial charge in [0.05, 0.1) is 0 Å². The first-order chi connectivity index (χ1) is 7.58. The molecule has 4 heteroatoms. The highest BCUT2D eigenvalue weighted by atomic mass is 79.9. The Bertz CT molecular complexity index is 381. The minimum atomic E-state index is 0.349. The largest absolute Gasteiger partial charge is 0.354 e. The van der Waals surface area contributed by atoms with Crippen LogP contribution in [0, 0.1) is 6.92 Å². The van der Waals surface area contributed by atoms with E-state index in [1.54, 1.807) is 0 Å². The molecule has 88 valence electrons. The molecule has 1 aliphatic heterocycles. The van der Waals surface area contributed by atoms with Gasteiger partial charge in [-0.3, -0.25) is 0 Å². The first-order valence-electron chi connectivity index (χ1n) is 5.72. The van der Waals surface area contributed by atoms with Crippen LogP contribution in [0.1, 0.15) is 25.3 Å². The van der Waals surface area contributed by atoms with Crippen LogP contribution in [0.3, 0.4) is 0 Å². The number of hydrogen-bond donors (Lipinski definition) is 1. The summed E-state index contributed by atoms with van der Waals surface area (Å²) in [6.07, 6.45) is 3.97. The zero-order valence-electron chi connectivity index (χ0n) is 9.78. The highest BCUT2D eigenvalue weighted by Crippen LogP contribution is 2.26. The van der Waals surface area contributed by atoms with Gasteiger partial charge in [0.1, 0.15) is 5.82 Å². The van der Waals surface area contributed by atoms with E-state index in [4.69, 9.17) is 5.73 Å². The molecular formula is C12H18BrN3. The molecular weight excluding hydrogens is 266 g/mol. The molecule has 2 rings (SSSR count). The van der Waals surface area contributed by atoms with Crippen LogP contribution >= 0.6 is 15.9 Å². The molecule has 0 aliphatic carbocycles. The first-order valence-corrected chi connectivity index (χ1v) is 6.51. The van der Waals surface area contributed by atoms with Gasteiger partial charge < -0.3 is 10.6 Å². The molecule has 2 heterocycles. The van der Waals surface area contributed by atoms with E-state index in [9.17, 15) is 0 Å². The second-order valence-electron chi connectivity index (χ2n) is 4.62. The number of pyridine rings is 1. The Morgan fingerprint density at radius 2 is 2.31 bits per heavy atom. The standard InChI is InChI=1S/C12H18BrN3/c1-8-5-10(13)7-15-12(8)16-4-3-11(14)6-9(16)2/h5,7,9,11H,3-4,6,14H2,1-2H3. The van der Waals surface area contributed by atoms with E-state index in [1.807, 2.05) is 6.20 Å². The number of rotatable bonds is 1. The smallest absolute Gasteiger partial charge is 0.131 e. The number of nitrogens with zero attached hydrogens (tertiary/aromatic N) is 2. The third-order valence-corrected chi connectivity index (χ3v) is 3.64. The van der Waals surface area contributed by atoms with Crippen molar-refractivity contribution in [2.24, 2.45) is 5.73 Å². The average Bonchev–Trinajstić information content (AvgIpc) is 2.19. The minimum Gasteiger partial charge on any atom is -0.354 e. The van der Waals surface area contributed by atoms with E-state index < -0.39 is 0 Å². The quantitative estimate of drug-likeness (QED) is 0.861. The highest BCUT2D eigenvalue weighted by molar-refractivity contribution is 9.10. The summed E-state index contributed by atoms with van der Waals surface area (Å²) in [7, 11) is 0. The van der Waals surface area contributed by atoms with E-state index in [2.05, 4.69) is 45.7 Å². The molecule has 0 radical (unpaired) electrons. The van der Waals surface area contributed by atoms with Gasteiger partial charge in [0.15, 0.2) is 0 Å². The normalized spacial score (nSPS) is 25.9. The molecule has 0 aromatic carbocycles. The number of anilines is 1. The van der Waals surface area contributed by atoms with Gasteiger partial charge in [-0.1, -0.05) is 0 Å². The Labute approximate surface area is 105 Å². The van der Waals surface area contributed by atoms with Gasteiger partial charge >= 0.3 is 0 Å². The molecule has 0 bridgehead atoms. The molecule has 2 atom stereocenters. The second kappa shape index (κ2) is 4.72. The Balaban J connectivity index is 2.23. The minimum absolute atomic E-state index is 0.349. The van der Waals surface area contributed by atoms with Crippen molar-refractivity contribution in [2.45, 2.75) is 38.8 Å². The van der Waals surface area contributed by atoms with Crippen molar-refractivity contribution >= 4 is 21.7 Å². The first kappa shape index (κ1) is 11.9. The monoisotopic (exact) mass is 283 g/mol. The predicted molar refractivity (Wildman–Crippen MR) is 70.7 cm³/mol. The van der Waals surface area contributed by atoms with Crippen LogP contribution in [0.5, 0.6) is 0 Å². The lowest BCUT2D eigenvalue weighted by atomic mass is 9.99. The number of nitrogens with two attached hydrogens (primary N) is 1. The van der Waals surface area contributed by atoms with Crippen molar-refractivity contribution in [3.8, 4) is 0 Å². The van der Waals surface area contributed by atoms with Crippen LogP contribution in [0.2, 0.25) is 0 Å². The van der Waals surface area contributed by atoms with Crippen LogP contribution < -0.4 is 10.6 Å². The lowest BCUT2D eigenvalue weighted by Gasteiger charge is -2.38. The second-order valence-corrected chi connectivity index (χ2v) is 5.54. The summed E-state index contributed by atoms with van der Waals surface area (Å²) in [4.78, 5) is 6.88. The third-order valence-electron chi connectivity index (χ3n) is 3.21. The summed E-state index contributed by atoms with van der Waals surface area (Å²) >= 11 is 3.44. The molecule has 1 aromatic heterocycles. The van der Waals surface area contributed by atoms with Gasteiger partial charge in [-0.25, -0.2) is 4.98 Å². The average molecular weight is 284 g/mol. The topological polar surface area (TPSA) is 42.2 Å². The molecule has 2 unspecified atom stereocenters. The Morgan fingerprint density at radius 3 is 2.94 bits per heavy atom. The Kier molecular flexibility index (Phi) is 3.50. The van der Waals surface area contributed by atoms with Gasteiger partial charge in [0, 0.05) is 29.3 Å². The van der Waals surface area contributed by atoms with Crippen molar-refractivity contribution in [3.63, 3.8) is 0 Å². The van der Waals surface area contributed by atoms with Gasteiger partial charge in [-0.2, -0.15) is 0 Å². The molecule has 1 saturated heterocycles. The summed E-state index contributed by atoms with van der Waals surface area (Å²) in [6.45, 7) is 5.34. The highest BCUT2D eigenvalue weighted by Gasteiger charge is 2.24. The molecule has 1 fully saturated rings. The van der Waals surface area contributed by atoms with Crippen LogP contribution in [0.15, 0.2) is 16.7 Å². The summed E-state index contributed by atoms with van der Waals surface area (Å²) < 4.78 is 1.04. The fraction of sp³-hybridized carbons (Fsp3) is 0.583. The van der Waals surface area contributed by atoms with E-state index in [0.29, 0.717) is 12.1 Å². The Hall–Kier alpha value is -0.610. The van der Waals surface area contributed by atoms with E-state index in [1.165, 1.54) is 5.56 Å². The van der Waals surface area contributed by atoms with Crippen LogP contribution in [0.4, 0.5) is 5.82 Å². The molecule has 1 aliphatic rings. The molecule has 1 aromatic rings. The lowest BCUT2D eigenvalue weighted by Crippen LogP contribution is -2.46. The number of aromatic nitrogens is 1. The fourth-order valence-electron chi connectivity index (χ4n) is 2.36. The van der Waals surface area contributed by atoms with E-state index in [0.717, 1.165) is 29.7 Å². The van der Waals surface area contributed by atoms with Crippen molar-refractivity contribution in [3.05, 3.63) is 22.3 Å².